The molecule has 1 N–H and O–H groups in total. The van der Waals surface area contributed by atoms with Gasteiger partial charge in [0, 0.05) is 41.0 Å². The summed E-state index contributed by atoms with van der Waals surface area (Å²) in [5, 5.41) is 11.4. The number of aromatic nitrogens is 3. The zero-order chi connectivity index (χ0) is 25.4. The Kier molecular flexibility index (Phi) is 7.35. The highest BCUT2D eigenvalue weighted by atomic mass is 79.9. The van der Waals surface area contributed by atoms with Crippen molar-refractivity contribution < 1.29 is 23.2 Å². The van der Waals surface area contributed by atoms with Crippen molar-refractivity contribution in [3.63, 3.8) is 0 Å². The third-order valence-corrected chi connectivity index (χ3v) is 8.00. The number of rotatable bonds is 7. The fourth-order valence-electron chi connectivity index (χ4n) is 3.99. The number of aryl methyl sites for hydroxylation is 2. The number of imidazole rings is 1. The van der Waals surface area contributed by atoms with Gasteiger partial charge in [0.25, 0.3) is 0 Å². The second-order valence-corrected chi connectivity index (χ2v) is 10.6. The van der Waals surface area contributed by atoms with Crippen molar-refractivity contribution in [2.45, 2.75) is 31.0 Å². The van der Waals surface area contributed by atoms with E-state index in [0.29, 0.717) is 31.5 Å². The van der Waals surface area contributed by atoms with Gasteiger partial charge in [0.15, 0.2) is 0 Å². The highest BCUT2D eigenvalue weighted by Crippen LogP contribution is 2.40. The number of aromatic hydroxyl groups is 1. The van der Waals surface area contributed by atoms with E-state index in [1.807, 2.05) is 11.5 Å². The molecular formula is C24H22BrClFN3O4S. The first-order chi connectivity index (χ1) is 16.6. The number of benzene rings is 2. The van der Waals surface area contributed by atoms with Crippen LogP contribution in [-0.4, -0.2) is 36.0 Å². The van der Waals surface area contributed by atoms with Crippen LogP contribution in [0.5, 0.6) is 5.75 Å². The van der Waals surface area contributed by atoms with Gasteiger partial charge < -0.3 is 19.0 Å². The number of carbonyl (C=O) groups is 1. The number of hydrogen-bond donors (Lipinski definition) is 1. The van der Waals surface area contributed by atoms with Crippen LogP contribution in [0.1, 0.15) is 34.4 Å². The molecule has 0 amide bonds. The second kappa shape index (κ2) is 10.1. The summed E-state index contributed by atoms with van der Waals surface area (Å²) >= 11 is 9.30. The van der Waals surface area contributed by atoms with Gasteiger partial charge in [0.05, 0.1) is 50.3 Å². The van der Waals surface area contributed by atoms with Crippen molar-refractivity contribution in [3.05, 3.63) is 74.6 Å². The fraction of sp³-hybridized carbons (Fsp3) is 0.250. The molecule has 2 heterocycles. The number of ether oxygens (including phenoxy) is 1. The molecule has 2 aromatic heterocycles. The van der Waals surface area contributed by atoms with E-state index in [1.54, 1.807) is 37.0 Å². The number of nitrogens with zero attached hydrogens (tertiary/aromatic N) is 3. The van der Waals surface area contributed by atoms with Crippen LogP contribution in [-0.2, 0) is 34.9 Å². The summed E-state index contributed by atoms with van der Waals surface area (Å²) in [7, 11) is 0.113. The molecule has 0 aliphatic carbocycles. The Balaban J connectivity index is 1.94. The van der Waals surface area contributed by atoms with Gasteiger partial charge in [-0.25, -0.2) is 14.2 Å². The zero-order valence-corrected chi connectivity index (χ0v) is 22.3. The van der Waals surface area contributed by atoms with Gasteiger partial charge >= 0.3 is 5.97 Å². The van der Waals surface area contributed by atoms with Crippen LogP contribution < -0.4 is 0 Å². The Morgan fingerprint density at radius 3 is 2.71 bits per heavy atom. The maximum Gasteiger partial charge on any atom is 0.340 e. The van der Waals surface area contributed by atoms with Crippen molar-refractivity contribution in [2.75, 3.05) is 6.61 Å². The monoisotopic (exact) mass is 581 g/mol. The van der Waals surface area contributed by atoms with Crippen LogP contribution in [0.4, 0.5) is 4.39 Å². The molecule has 35 heavy (non-hydrogen) atoms. The summed E-state index contributed by atoms with van der Waals surface area (Å²) in [6, 6.07) is 5.58. The minimum absolute atomic E-state index is 0.0141. The van der Waals surface area contributed by atoms with E-state index in [-0.39, 0.29) is 35.2 Å². The summed E-state index contributed by atoms with van der Waals surface area (Å²) in [5.41, 5.74) is 1.82. The normalized spacial score (nSPS) is 12.3. The Labute approximate surface area is 217 Å². The van der Waals surface area contributed by atoms with E-state index in [1.165, 1.54) is 12.1 Å². The van der Waals surface area contributed by atoms with Crippen LogP contribution in [0.3, 0.4) is 0 Å². The first-order valence-electron chi connectivity index (χ1n) is 10.6. The average Bonchev–Trinajstić information content (AvgIpc) is 3.34. The first kappa shape index (κ1) is 25.4. The van der Waals surface area contributed by atoms with Gasteiger partial charge in [-0.2, -0.15) is 0 Å². The van der Waals surface area contributed by atoms with Crippen molar-refractivity contribution in [1.82, 2.24) is 14.1 Å². The van der Waals surface area contributed by atoms with Gasteiger partial charge in [0.1, 0.15) is 17.4 Å². The van der Waals surface area contributed by atoms with E-state index in [0.717, 1.165) is 11.9 Å². The molecule has 0 saturated carbocycles. The quantitative estimate of drug-likeness (QED) is 0.292. The molecule has 1 atom stereocenters. The molecule has 4 rings (SSSR count). The Morgan fingerprint density at radius 1 is 1.34 bits per heavy atom. The first-order valence-corrected chi connectivity index (χ1v) is 13.1. The number of carbonyl (C=O) groups excluding carboxylic acids is 1. The number of phenols is 1. The predicted molar refractivity (Wildman–Crippen MR) is 136 cm³/mol. The van der Waals surface area contributed by atoms with Gasteiger partial charge in [-0.15, -0.1) is 0 Å². The molecule has 7 nitrogen and oxygen atoms in total. The molecule has 2 aromatic carbocycles. The number of fused-ring (bicyclic) bond motifs is 1. The topological polar surface area (TPSA) is 86.4 Å². The Hall–Kier alpha value is -2.69. The van der Waals surface area contributed by atoms with Crippen LogP contribution >= 0.6 is 27.5 Å². The lowest BCUT2D eigenvalue weighted by atomic mass is 10.0. The Bertz CT molecular complexity index is 1480. The minimum Gasteiger partial charge on any atom is -0.506 e. The van der Waals surface area contributed by atoms with E-state index < -0.39 is 22.6 Å². The zero-order valence-electron chi connectivity index (χ0n) is 19.1. The largest absolute Gasteiger partial charge is 0.506 e. The lowest BCUT2D eigenvalue weighted by Crippen LogP contribution is -2.12. The van der Waals surface area contributed by atoms with E-state index in [4.69, 9.17) is 16.3 Å². The molecule has 0 aliphatic rings. The summed E-state index contributed by atoms with van der Waals surface area (Å²) in [4.78, 5) is 17.8. The second-order valence-electron chi connectivity index (χ2n) is 7.85. The van der Waals surface area contributed by atoms with Crippen LogP contribution in [0.2, 0.25) is 5.02 Å². The number of halogens is 3. The molecule has 0 bridgehead atoms. The lowest BCUT2D eigenvalue weighted by molar-refractivity contribution is 0.0527. The smallest absolute Gasteiger partial charge is 0.340 e. The maximum atomic E-state index is 13.6. The summed E-state index contributed by atoms with van der Waals surface area (Å²) < 4.78 is 36.3. The van der Waals surface area contributed by atoms with Crippen molar-refractivity contribution in [2.24, 2.45) is 7.05 Å². The van der Waals surface area contributed by atoms with Crippen LogP contribution in [0.25, 0.3) is 10.9 Å². The van der Waals surface area contributed by atoms with Crippen LogP contribution in [0.15, 0.2) is 46.0 Å². The van der Waals surface area contributed by atoms with E-state index >= 15 is 0 Å². The SMILES string of the molecule is CCOC(=O)c1c(CS(=O)c2ccc(F)c(Cl)c2)n(C)c2cc(Br)c(O)c(Cn3ccnc3C)c12. The van der Waals surface area contributed by atoms with Gasteiger partial charge in [-0.1, -0.05) is 11.6 Å². The summed E-state index contributed by atoms with van der Waals surface area (Å²) in [6.07, 6.45) is 3.43. The molecule has 0 spiro atoms. The van der Waals surface area contributed by atoms with Crippen molar-refractivity contribution in [3.8, 4) is 5.75 Å². The summed E-state index contributed by atoms with van der Waals surface area (Å²) in [5.74, 6) is -0.527. The van der Waals surface area contributed by atoms with Crippen molar-refractivity contribution >= 4 is 55.2 Å². The molecule has 0 saturated heterocycles. The third kappa shape index (κ3) is 4.74. The summed E-state index contributed by atoms with van der Waals surface area (Å²) in [6.45, 7) is 3.93. The molecule has 0 aliphatic heterocycles. The van der Waals surface area contributed by atoms with Crippen LogP contribution in [0, 0.1) is 12.7 Å². The molecule has 184 valence electrons. The number of esters is 1. The predicted octanol–water partition coefficient (Wildman–Crippen LogP) is 5.48. The maximum absolute atomic E-state index is 13.6. The van der Waals surface area contributed by atoms with Gasteiger partial charge in [-0.3, -0.25) is 4.21 Å². The molecule has 0 radical (unpaired) electrons. The molecule has 11 heteroatoms. The van der Waals surface area contributed by atoms with E-state index in [2.05, 4.69) is 20.9 Å². The molecule has 0 fully saturated rings. The minimum atomic E-state index is -1.64. The van der Waals surface area contributed by atoms with Crippen molar-refractivity contribution in [1.29, 1.82) is 0 Å². The number of phenolic OH excluding ortho intramolecular Hbond substituents is 1. The third-order valence-electron chi connectivity index (χ3n) is 5.79. The lowest BCUT2D eigenvalue weighted by Gasteiger charge is -2.12. The highest BCUT2D eigenvalue weighted by Gasteiger charge is 2.28. The Morgan fingerprint density at radius 2 is 2.09 bits per heavy atom. The van der Waals surface area contributed by atoms with Gasteiger partial charge in [-0.05, 0) is 54.0 Å². The average molecular weight is 583 g/mol. The fourth-order valence-corrected chi connectivity index (χ4v) is 5.92. The molecule has 1 unspecified atom stereocenters. The highest BCUT2D eigenvalue weighted by molar-refractivity contribution is 9.10. The standard InChI is InChI=1S/C24H22BrClFN3O4S/c1-4-34-24(32)22-20(12-35(33)14-5-6-18(27)17(26)9-14)29(3)19-10-16(25)23(31)15(21(19)22)11-30-8-7-28-13(30)2/h5-10,31H,4,11-12H2,1-3H3. The molecule has 4 aromatic rings. The van der Waals surface area contributed by atoms with E-state index in [9.17, 15) is 18.5 Å². The number of hydrogen-bond acceptors (Lipinski definition) is 5. The molecular weight excluding hydrogens is 561 g/mol. The van der Waals surface area contributed by atoms with Gasteiger partial charge in [0.2, 0.25) is 0 Å².